The van der Waals surface area contributed by atoms with Crippen LogP contribution in [0, 0.1) is 12.7 Å². The highest BCUT2D eigenvalue weighted by Gasteiger charge is 2.07. The van der Waals surface area contributed by atoms with Gasteiger partial charge in [0.05, 0.1) is 5.75 Å². The Balaban J connectivity index is 1.95. The zero-order valence-electron chi connectivity index (χ0n) is 11.3. The monoisotopic (exact) mass is 368 g/mol. The van der Waals surface area contributed by atoms with Gasteiger partial charge in [-0.15, -0.1) is 11.8 Å². The third-order valence-electron chi connectivity index (χ3n) is 2.73. The number of thioether (sulfide) groups is 1. The van der Waals surface area contributed by atoms with Gasteiger partial charge in [0.25, 0.3) is 0 Å². The van der Waals surface area contributed by atoms with Gasteiger partial charge >= 0.3 is 0 Å². The smallest absolute Gasteiger partial charge is 0.234 e. The van der Waals surface area contributed by atoms with Gasteiger partial charge in [0.15, 0.2) is 0 Å². The second kappa shape index (κ2) is 6.95. The molecular weight excluding hydrogens is 355 g/mol. The first-order chi connectivity index (χ1) is 9.94. The number of nitrogen functional groups attached to an aromatic ring is 1. The van der Waals surface area contributed by atoms with Crippen molar-refractivity contribution in [3.05, 3.63) is 52.3 Å². The first-order valence-corrected chi connectivity index (χ1v) is 7.97. The van der Waals surface area contributed by atoms with Crippen molar-refractivity contribution >= 4 is 45.0 Å². The Labute approximate surface area is 135 Å². The van der Waals surface area contributed by atoms with Crippen molar-refractivity contribution in [3.8, 4) is 0 Å². The number of carbonyl (C=O) groups is 1. The Bertz CT molecular complexity index is 658. The van der Waals surface area contributed by atoms with Gasteiger partial charge in [-0.1, -0.05) is 15.9 Å². The number of anilines is 2. The minimum Gasteiger partial charge on any atom is -0.399 e. The van der Waals surface area contributed by atoms with Crippen LogP contribution in [0.2, 0.25) is 0 Å². The fourth-order valence-electron chi connectivity index (χ4n) is 1.77. The molecule has 0 spiro atoms. The Hall–Kier alpha value is -1.53. The highest BCUT2D eigenvalue weighted by Crippen LogP contribution is 2.23. The molecule has 110 valence electrons. The van der Waals surface area contributed by atoms with Crippen molar-refractivity contribution in [2.75, 3.05) is 16.8 Å². The lowest BCUT2D eigenvalue weighted by Crippen LogP contribution is -2.14. The third kappa shape index (κ3) is 4.75. The molecule has 0 unspecified atom stereocenters. The SMILES string of the molecule is Cc1cc(Br)ccc1NC(=O)CSc1cc(N)cc(F)c1. The standard InChI is InChI=1S/C15H14BrFN2OS/c1-9-4-10(16)2-3-14(9)19-15(20)8-21-13-6-11(17)5-12(18)7-13/h2-7H,8,18H2,1H3,(H,19,20). The molecule has 3 N–H and O–H groups in total. The van der Waals surface area contributed by atoms with Crippen LogP contribution < -0.4 is 11.1 Å². The van der Waals surface area contributed by atoms with Crippen LogP contribution in [0.3, 0.4) is 0 Å². The molecule has 21 heavy (non-hydrogen) atoms. The molecule has 0 aliphatic heterocycles. The quantitative estimate of drug-likeness (QED) is 0.627. The molecule has 2 rings (SSSR count). The summed E-state index contributed by atoms with van der Waals surface area (Å²) in [6.45, 7) is 1.92. The van der Waals surface area contributed by atoms with Crippen LogP contribution in [-0.4, -0.2) is 11.7 Å². The minimum atomic E-state index is -0.401. The van der Waals surface area contributed by atoms with E-state index in [4.69, 9.17) is 5.73 Å². The lowest BCUT2D eigenvalue weighted by molar-refractivity contribution is -0.113. The van der Waals surface area contributed by atoms with Crippen molar-refractivity contribution in [1.29, 1.82) is 0 Å². The maximum absolute atomic E-state index is 13.2. The summed E-state index contributed by atoms with van der Waals surface area (Å²) < 4.78 is 14.2. The molecule has 0 aliphatic rings. The van der Waals surface area contributed by atoms with Crippen LogP contribution in [0.15, 0.2) is 45.8 Å². The number of nitrogens with two attached hydrogens (primary N) is 1. The van der Waals surface area contributed by atoms with E-state index in [0.717, 1.165) is 15.7 Å². The fraction of sp³-hybridized carbons (Fsp3) is 0.133. The molecule has 0 saturated carbocycles. The molecule has 0 aliphatic carbocycles. The van der Waals surface area contributed by atoms with Crippen molar-refractivity contribution in [2.45, 2.75) is 11.8 Å². The molecule has 0 heterocycles. The highest BCUT2D eigenvalue weighted by molar-refractivity contribution is 9.10. The molecule has 3 nitrogen and oxygen atoms in total. The van der Waals surface area contributed by atoms with E-state index < -0.39 is 5.82 Å². The zero-order valence-corrected chi connectivity index (χ0v) is 13.7. The Kier molecular flexibility index (Phi) is 5.25. The van der Waals surface area contributed by atoms with E-state index in [2.05, 4.69) is 21.2 Å². The maximum Gasteiger partial charge on any atom is 0.234 e. The summed E-state index contributed by atoms with van der Waals surface area (Å²) in [7, 11) is 0. The predicted molar refractivity (Wildman–Crippen MR) is 89.0 cm³/mol. The van der Waals surface area contributed by atoms with Crippen LogP contribution in [0.25, 0.3) is 0 Å². The van der Waals surface area contributed by atoms with Crippen molar-refractivity contribution in [1.82, 2.24) is 0 Å². The lowest BCUT2D eigenvalue weighted by atomic mass is 10.2. The maximum atomic E-state index is 13.2. The molecule has 0 atom stereocenters. The number of benzene rings is 2. The van der Waals surface area contributed by atoms with E-state index in [9.17, 15) is 9.18 Å². The van der Waals surface area contributed by atoms with Gasteiger partial charge < -0.3 is 11.1 Å². The minimum absolute atomic E-state index is 0.145. The predicted octanol–water partition coefficient (Wildman–Crippen LogP) is 4.21. The van der Waals surface area contributed by atoms with Gasteiger partial charge in [-0.2, -0.15) is 0 Å². The Morgan fingerprint density at radius 2 is 2.10 bits per heavy atom. The lowest BCUT2D eigenvalue weighted by Gasteiger charge is -2.09. The topological polar surface area (TPSA) is 55.1 Å². The molecular formula is C15H14BrFN2OS. The molecule has 2 aromatic rings. The van der Waals surface area contributed by atoms with E-state index >= 15 is 0 Å². The van der Waals surface area contributed by atoms with Gasteiger partial charge in [-0.3, -0.25) is 4.79 Å². The number of amides is 1. The second-order valence-electron chi connectivity index (χ2n) is 4.52. The van der Waals surface area contributed by atoms with Gasteiger partial charge in [0.2, 0.25) is 5.91 Å². The van der Waals surface area contributed by atoms with E-state index in [-0.39, 0.29) is 11.7 Å². The molecule has 2 aromatic carbocycles. The number of halogens is 2. The van der Waals surface area contributed by atoms with E-state index in [1.807, 2.05) is 25.1 Å². The first-order valence-electron chi connectivity index (χ1n) is 6.19. The number of hydrogen-bond donors (Lipinski definition) is 2. The van der Waals surface area contributed by atoms with Gasteiger partial charge in [0.1, 0.15) is 5.82 Å². The average Bonchev–Trinajstić information content (AvgIpc) is 2.39. The number of hydrogen-bond acceptors (Lipinski definition) is 3. The second-order valence-corrected chi connectivity index (χ2v) is 6.48. The van der Waals surface area contributed by atoms with E-state index in [1.54, 1.807) is 6.07 Å². The summed E-state index contributed by atoms with van der Waals surface area (Å²) in [6, 6.07) is 9.88. The van der Waals surface area contributed by atoms with Crippen molar-refractivity contribution in [2.24, 2.45) is 0 Å². The molecule has 1 amide bonds. The molecule has 0 bridgehead atoms. The van der Waals surface area contributed by atoms with Crippen LogP contribution in [-0.2, 0) is 4.79 Å². The average molecular weight is 369 g/mol. The molecule has 0 aromatic heterocycles. The number of aryl methyl sites for hydroxylation is 1. The van der Waals surface area contributed by atoms with Crippen LogP contribution in [0.4, 0.5) is 15.8 Å². The van der Waals surface area contributed by atoms with Crippen molar-refractivity contribution in [3.63, 3.8) is 0 Å². The summed E-state index contributed by atoms with van der Waals surface area (Å²) in [6.07, 6.45) is 0. The first kappa shape index (κ1) is 15.9. The summed E-state index contributed by atoms with van der Waals surface area (Å²) in [4.78, 5) is 12.6. The zero-order chi connectivity index (χ0) is 15.4. The summed E-state index contributed by atoms with van der Waals surface area (Å²) in [5.41, 5.74) is 7.65. The number of nitrogens with one attached hydrogen (secondary N) is 1. The van der Waals surface area contributed by atoms with Gasteiger partial charge in [-0.05, 0) is 48.9 Å². The van der Waals surface area contributed by atoms with Crippen LogP contribution in [0.1, 0.15) is 5.56 Å². The molecule has 0 saturated heterocycles. The summed E-state index contributed by atoms with van der Waals surface area (Å²) in [5, 5.41) is 2.83. The fourth-order valence-corrected chi connectivity index (χ4v) is 3.03. The van der Waals surface area contributed by atoms with E-state index in [0.29, 0.717) is 10.6 Å². The largest absolute Gasteiger partial charge is 0.399 e. The van der Waals surface area contributed by atoms with Gasteiger partial charge in [0, 0.05) is 20.7 Å². The number of carbonyl (C=O) groups excluding carboxylic acids is 1. The van der Waals surface area contributed by atoms with Crippen LogP contribution >= 0.6 is 27.7 Å². The molecule has 0 radical (unpaired) electrons. The molecule has 6 heteroatoms. The molecule has 0 fully saturated rings. The van der Waals surface area contributed by atoms with Crippen molar-refractivity contribution < 1.29 is 9.18 Å². The van der Waals surface area contributed by atoms with E-state index in [1.165, 1.54) is 23.9 Å². The summed E-state index contributed by atoms with van der Waals surface area (Å²) in [5.74, 6) is -0.354. The van der Waals surface area contributed by atoms with Gasteiger partial charge in [-0.25, -0.2) is 4.39 Å². The summed E-state index contributed by atoms with van der Waals surface area (Å²) >= 11 is 4.62. The normalized spacial score (nSPS) is 10.4. The third-order valence-corrected chi connectivity index (χ3v) is 4.19. The highest BCUT2D eigenvalue weighted by atomic mass is 79.9. The number of rotatable bonds is 4. The van der Waals surface area contributed by atoms with Crippen LogP contribution in [0.5, 0.6) is 0 Å². The Morgan fingerprint density at radius 3 is 2.76 bits per heavy atom. The Morgan fingerprint density at radius 1 is 1.33 bits per heavy atom.